The lowest BCUT2D eigenvalue weighted by atomic mass is 10.2. The van der Waals surface area contributed by atoms with Crippen LogP contribution in [0.4, 0.5) is 8.78 Å². The minimum atomic E-state index is -4.11. The fraction of sp³-hybridized carbons (Fsp3) is 0.227. The molecule has 0 radical (unpaired) electrons. The highest BCUT2D eigenvalue weighted by Crippen LogP contribution is 2.23. The molecule has 2 rings (SSSR count). The van der Waals surface area contributed by atoms with E-state index in [0.29, 0.717) is 10.5 Å². The second-order valence-electron chi connectivity index (χ2n) is 6.84. The normalized spacial score (nSPS) is 12.2. The van der Waals surface area contributed by atoms with Crippen LogP contribution >= 0.6 is 0 Å². The molecule has 2 aromatic rings. The number of carbonyl (C=O) groups is 2. The van der Waals surface area contributed by atoms with Gasteiger partial charge in [-0.1, -0.05) is 48.5 Å². The highest BCUT2D eigenvalue weighted by Gasteiger charge is 2.30. The summed E-state index contributed by atoms with van der Waals surface area (Å²) in [5, 5.41) is 11.3. The summed E-state index contributed by atoms with van der Waals surface area (Å²) in [7, 11) is -2.99. The van der Waals surface area contributed by atoms with E-state index in [1.165, 1.54) is 30.3 Å². The summed E-state index contributed by atoms with van der Waals surface area (Å²) in [4.78, 5) is 25.4. The van der Waals surface area contributed by atoms with Gasteiger partial charge in [-0.25, -0.2) is 8.42 Å². The van der Waals surface area contributed by atoms with Gasteiger partial charge >= 0.3 is 6.61 Å². The van der Waals surface area contributed by atoms with Crippen molar-refractivity contribution in [3.63, 3.8) is 0 Å². The predicted molar refractivity (Wildman–Crippen MR) is 116 cm³/mol. The van der Waals surface area contributed by atoms with Crippen LogP contribution in [-0.4, -0.2) is 50.6 Å². The Morgan fingerprint density at radius 3 is 2.42 bits per heavy atom. The summed E-state index contributed by atoms with van der Waals surface area (Å²) < 4.78 is 55.1. The predicted octanol–water partition coefficient (Wildman–Crippen LogP) is 2.34. The number of alkyl halides is 2. The van der Waals surface area contributed by atoms with Crippen LogP contribution in [0.25, 0.3) is 6.08 Å². The van der Waals surface area contributed by atoms with Crippen molar-refractivity contribution in [3.05, 3.63) is 71.8 Å². The van der Waals surface area contributed by atoms with Crippen LogP contribution in [-0.2, 0) is 25.2 Å². The van der Waals surface area contributed by atoms with E-state index >= 15 is 0 Å². The van der Waals surface area contributed by atoms with E-state index in [1.54, 1.807) is 36.5 Å². The average Bonchev–Trinajstić information content (AvgIpc) is 2.77. The van der Waals surface area contributed by atoms with Crippen molar-refractivity contribution in [2.75, 3.05) is 12.8 Å². The largest absolute Gasteiger partial charge is 0.435 e. The van der Waals surface area contributed by atoms with Crippen molar-refractivity contribution in [1.82, 2.24) is 10.2 Å². The molecule has 0 fully saturated rings. The van der Waals surface area contributed by atoms with E-state index < -0.39 is 45.8 Å². The highest BCUT2D eigenvalue weighted by molar-refractivity contribution is 7.90. The minimum absolute atomic E-state index is 0.0343. The van der Waals surface area contributed by atoms with Crippen LogP contribution in [0.2, 0.25) is 0 Å². The molecule has 0 saturated heterocycles. The second-order valence-corrected chi connectivity index (χ2v) is 8.95. The Balaban J connectivity index is 2.20. The molecule has 2 aromatic carbocycles. The molecule has 0 heterocycles. The number of nitriles is 1. The van der Waals surface area contributed by atoms with Crippen molar-refractivity contribution < 1.29 is 31.5 Å². The number of nitrogens with one attached hydrogen (secondary N) is 1. The average molecular weight is 477 g/mol. The standard InChI is InChI=1S/C22H21F2N3O5S/c1-27(15-25)21(29)18(26-20(28)12-11-16-7-3-2-4-8-16)14-33(30,31)13-17-9-5-6-10-19(17)32-22(23)24/h2-12,18,22H,13-14H2,1H3,(H,26,28)/t18-/m0/s1. The zero-order chi connectivity index (χ0) is 24.4. The Bertz CT molecular complexity index is 1150. The number of carbonyl (C=O) groups excluding carboxylic acids is 2. The first-order chi connectivity index (χ1) is 15.6. The summed E-state index contributed by atoms with van der Waals surface area (Å²) in [5.41, 5.74) is 0.667. The van der Waals surface area contributed by atoms with Gasteiger partial charge in [-0.15, -0.1) is 0 Å². The first kappa shape index (κ1) is 25.5. The van der Waals surface area contributed by atoms with Gasteiger partial charge in [0.05, 0.1) is 11.5 Å². The summed E-state index contributed by atoms with van der Waals surface area (Å²) in [6, 6.07) is 12.6. The highest BCUT2D eigenvalue weighted by atomic mass is 32.2. The van der Waals surface area contributed by atoms with Crippen LogP contribution in [0.1, 0.15) is 11.1 Å². The number of halogens is 2. The Hall–Kier alpha value is -3.78. The molecular weight excluding hydrogens is 456 g/mol. The Morgan fingerprint density at radius 1 is 1.15 bits per heavy atom. The fourth-order valence-corrected chi connectivity index (χ4v) is 4.36. The Kier molecular flexibility index (Phi) is 9.06. The molecule has 0 aliphatic carbocycles. The van der Waals surface area contributed by atoms with Gasteiger partial charge in [0.1, 0.15) is 11.8 Å². The third-order valence-electron chi connectivity index (χ3n) is 4.31. The number of para-hydroxylation sites is 1. The van der Waals surface area contributed by atoms with E-state index in [1.807, 2.05) is 0 Å². The number of hydrogen-bond acceptors (Lipinski definition) is 6. The third-order valence-corrected chi connectivity index (χ3v) is 5.90. The van der Waals surface area contributed by atoms with Crippen LogP contribution < -0.4 is 10.1 Å². The van der Waals surface area contributed by atoms with Gasteiger partial charge in [0.25, 0.3) is 5.91 Å². The number of benzene rings is 2. The summed E-state index contributed by atoms with van der Waals surface area (Å²) in [6.45, 7) is -3.15. The van der Waals surface area contributed by atoms with Gasteiger partial charge in [0.15, 0.2) is 16.0 Å². The molecule has 11 heteroatoms. The van der Waals surface area contributed by atoms with Gasteiger partial charge in [0.2, 0.25) is 5.91 Å². The van der Waals surface area contributed by atoms with E-state index in [9.17, 15) is 26.8 Å². The van der Waals surface area contributed by atoms with Gasteiger partial charge in [-0.2, -0.15) is 14.0 Å². The maximum atomic E-state index is 12.8. The first-order valence-corrected chi connectivity index (χ1v) is 11.4. The van der Waals surface area contributed by atoms with Crippen LogP contribution in [0.5, 0.6) is 5.75 Å². The number of rotatable bonds is 10. The minimum Gasteiger partial charge on any atom is -0.435 e. The summed E-state index contributed by atoms with van der Waals surface area (Å²) in [5.74, 6) is -3.58. The quantitative estimate of drug-likeness (QED) is 0.319. The number of likely N-dealkylation sites (N-methyl/N-ethyl adjacent to an activating group) is 1. The van der Waals surface area contributed by atoms with E-state index in [-0.39, 0.29) is 11.3 Å². The lowest BCUT2D eigenvalue weighted by Gasteiger charge is -2.20. The number of amides is 2. The van der Waals surface area contributed by atoms with Crippen molar-refractivity contribution >= 4 is 27.7 Å². The molecule has 0 aliphatic heterocycles. The lowest BCUT2D eigenvalue weighted by Crippen LogP contribution is -2.49. The fourth-order valence-electron chi connectivity index (χ4n) is 2.80. The van der Waals surface area contributed by atoms with Crippen molar-refractivity contribution in [3.8, 4) is 11.9 Å². The zero-order valence-electron chi connectivity index (χ0n) is 17.5. The van der Waals surface area contributed by atoms with E-state index in [2.05, 4.69) is 10.1 Å². The lowest BCUT2D eigenvalue weighted by molar-refractivity contribution is -0.131. The topological polar surface area (TPSA) is 117 Å². The first-order valence-electron chi connectivity index (χ1n) is 9.55. The molecular formula is C22H21F2N3O5S. The summed E-state index contributed by atoms with van der Waals surface area (Å²) in [6.07, 6.45) is 4.15. The third kappa shape index (κ3) is 8.34. The Morgan fingerprint density at radius 2 is 1.79 bits per heavy atom. The maximum absolute atomic E-state index is 12.8. The van der Waals surface area contributed by atoms with Gasteiger partial charge < -0.3 is 10.1 Å². The Labute approximate surface area is 190 Å². The van der Waals surface area contributed by atoms with Crippen LogP contribution in [0.15, 0.2) is 60.7 Å². The molecule has 174 valence electrons. The molecule has 1 atom stereocenters. The monoisotopic (exact) mass is 477 g/mol. The number of ether oxygens (including phenoxy) is 1. The van der Waals surface area contributed by atoms with Gasteiger partial charge in [0, 0.05) is 18.7 Å². The van der Waals surface area contributed by atoms with Crippen LogP contribution in [0.3, 0.4) is 0 Å². The SMILES string of the molecule is CN(C#N)C(=O)[C@H](CS(=O)(=O)Cc1ccccc1OC(F)F)NC(=O)C=Cc1ccccc1. The maximum Gasteiger partial charge on any atom is 0.387 e. The van der Waals surface area contributed by atoms with Gasteiger partial charge in [-0.05, 0) is 17.7 Å². The smallest absolute Gasteiger partial charge is 0.387 e. The van der Waals surface area contributed by atoms with Crippen molar-refractivity contribution in [2.24, 2.45) is 0 Å². The van der Waals surface area contributed by atoms with Gasteiger partial charge in [-0.3, -0.25) is 14.5 Å². The molecule has 0 bridgehead atoms. The molecule has 8 nitrogen and oxygen atoms in total. The van der Waals surface area contributed by atoms with Crippen LogP contribution in [0, 0.1) is 11.5 Å². The second kappa shape index (κ2) is 11.7. The number of hydrogen-bond donors (Lipinski definition) is 1. The molecule has 33 heavy (non-hydrogen) atoms. The number of nitrogens with zero attached hydrogens (tertiary/aromatic N) is 2. The molecule has 0 saturated carbocycles. The van der Waals surface area contributed by atoms with Crippen molar-refractivity contribution in [1.29, 1.82) is 5.26 Å². The zero-order valence-corrected chi connectivity index (χ0v) is 18.3. The molecule has 0 unspecified atom stereocenters. The molecule has 0 aliphatic rings. The van der Waals surface area contributed by atoms with Crippen molar-refractivity contribution in [2.45, 2.75) is 18.4 Å². The number of sulfone groups is 1. The molecule has 1 N–H and O–H groups in total. The molecule has 0 spiro atoms. The van der Waals surface area contributed by atoms with E-state index in [0.717, 1.165) is 13.1 Å². The molecule has 2 amide bonds. The van der Waals surface area contributed by atoms with E-state index in [4.69, 9.17) is 5.26 Å². The summed E-state index contributed by atoms with van der Waals surface area (Å²) >= 11 is 0. The molecule has 0 aromatic heterocycles.